The van der Waals surface area contributed by atoms with Crippen molar-refractivity contribution in [2.45, 2.75) is 27.3 Å². The molecule has 1 N–H and O–H groups in total. The summed E-state index contributed by atoms with van der Waals surface area (Å²) in [4.78, 5) is 39.9. The molecule has 0 saturated heterocycles. The molecule has 1 aliphatic heterocycles. The molecule has 0 saturated carbocycles. The molecule has 4 aromatic rings. The molecule has 1 aliphatic rings. The summed E-state index contributed by atoms with van der Waals surface area (Å²) in [5, 5.41) is 7.58. The van der Waals surface area contributed by atoms with Crippen molar-refractivity contribution < 1.29 is 14.4 Å². The number of aromatic nitrogens is 2. The van der Waals surface area contributed by atoms with Gasteiger partial charge in [0.1, 0.15) is 0 Å². The van der Waals surface area contributed by atoms with Crippen molar-refractivity contribution in [3.63, 3.8) is 0 Å². The van der Waals surface area contributed by atoms with Crippen LogP contribution in [0.4, 0.5) is 11.4 Å². The minimum Gasteiger partial charge on any atom is -0.319 e. The number of hydrogen-bond donors (Lipinski definition) is 1. The van der Waals surface area contributed by atoms with Crippen molar-refractivity contribution in [3.05, 3.63) is 112 Å². The predicted octanol–water partition coefficient (Wildman–Crippen LogP) is 4.91. The lowest BCUT2D eigenvalue weighted by Crippen LogP contribution is -2.29. The second kappa shape index (κ2) is 8.68. The molecule has 3 aromatic carbocycles. The molecule has 0 atom stereocenters. The average Bonchev–Trinajstić information content (AvgIpc) is 3.27. The van der Waals surface area contributed by atoms with Crippen LogP contribution in [-0.4, -0.2) is 27.5 Å². The molecule has 0 spiro atoms. The van der Waals surface area contributed by atoms with E-state index in [0.717, 1.165) is 16.2 Å². The number of amides is 3. The zero-order valence-corrected chi connectivity index (χ0v) is 19.7. The van der Waals surface area contributed by atoms with Gasteiger partial charge < -0.3 is 5.32 Å². The minimum atomic E-state index is -0.396. The first-order valence-corrected chi connectivity index (χ1v) is 11.3. The number of carbonyl (C=O) groups excluding carboxylic acids is 3. The van der Waals surface area contributed by atoms with Gasteiger partial charge in [0.25, 0.3) is 17.7 Å². The molecule has 2 heterocycles. The van der Waals surface area contributed by atoms with Gasteiger partial charge in [-0.3, -0.25) is 19.1 Å². The van der Waals surface area contributed by atoms with Gasteiger partial charge in [0.2, 0.25) is 0 Å². The number of carbonyl (C=O) groups is 3. The summed E-state index contributed by atoms with van der Waals surface area (Å²) in [6.45, 7) is 6.44. The second-order valence-electron chi connectivity index (χ2n) is 8.63. The molecule has 0 unspecified atom stereocenters. The molecule has 5 rings (SSSR count). The topological polar surface area (TPSA) is 84.3 Å². The number of aryl methyl sites for hydroxylation is 2. The van der Waals surface area contributed by atoms with Crippen molar-refractivity contribution in [2.24, 2.45) is 0 Å². The highest BCUT2D eigenvalue weighted by Crippen LogP contribution is 2.29. The van der Waals surface area contributed by atoms with Crippen LogP contribution in [0.15, 0.2) is 72.8 Å². The predicted molar refractivity (Wildman–Crippen MR) is 134 cm³/mol. The van der Waals surface area contributed by atoms with E-state index in [-0.39, 0.29) is 5.91 Å². The highest BCUT2D eigenvalue weighted by atomic mass is 16.2. The first-order chi connectivity index (χ1) is 16.8. The molecule has 0 bridgehead atoms. The van der Waals surface area contributed by atoms with Crippen LogP contribution in [0.5, 0.6) is 0 Å². The highest BCUT2D eigenvalue weighted by Gasteiger charge is 2.36. The minimum absolute atomic E-state index is 0.338. The smallest absolute Gasteiger partial charge is 0.266 e. The molecule has 0 fully saturated rings. The number of rotatable bonds is 5. The van der Waals surface area contributed by atoms with E-state index < -0.39 is 11.8 Å². The maximum absolute atomic E-state index is 13.2. The molecule has 174 valence electrons. The Kier molecular flexibility index (Phi) is 5.53. The van der Waals surface area contributed by atoms with Crippen LogP contribution in [0.1, 0.15) is 53.6 Å². The fourth-order valence-electron chi connectivity index (χ4n) is 4.38. The Hall–Kier alpha value is -4.52. The number of nitrogens with zero attached hydrogens (tertiary/aromatic N) is 3. The molecule has 7 heteroatoms. The van der Waals surface area contributed by atoms with E-state index in [1.165, 1.54) is 5.56 Å². The van der Waals surface area contributed by atoms with Crippen LogP contribution in [0.3, 0.4) is 0 Å². The Balaban J connectivity index is 1.39. The monoisotopic (exact) mass is 464 g/mol. The normalized spacial score (nSPS) is 12.7. The number of anilines is 2. The maximum Gasteiger partial charge on any atom is 0.266 e. The van der Waals surface area contributed by atoms with E-state index in [9.17, 15) is 14.4 Å². The molecule has 3 amide bonds. The van der Waals surface area contributed by atoms with Crippen molar-refractivity contribution in [1.29, 1.82) is 0 Å². The Labute approximate surface area is 203 Å². The second-order valence-corrected chi connectivity index (χ2v) is 8.63. The number of fused-ring (bicyclic) bond motifs is 1. The fourth-order valence-corrected chi connectivity index (χ4v) is 4.38. The largest absolute Gasteiger partial charge is 0.319 e. The van der Waals surface area contributed by atoms with E-state index in [4.69, 9.17) is 0 Å². The zero-order valence-electron chi connectivity index (χ0n) is 19.7. The van der Waals surface area contributed by atoms with Crippen LogP contribution in [0, 0.1) is 20.8 Å². The van der Waals surface area contributed by atoms with Crippen LogP contribution in [-0.2, 0) is 6.54 Å². The van der Waals surface area contributed by atoms with Crippen molar-refractivity contribution in [3.8, 4) is 0 Å². The number of nitrogens with one attached hydrogen (secondary N) is 1. The van der Waals surface area contributed by atoms with Gasteiger partial charge in [0.05, 0.1) is 40.4 Å². The SMILES string of the molecule is Cc1ccccc1Cn1nc(C)c(NC(=O)c2cccc(N3C(=O)c4ccccc4C3=O)c2)c1C. The zero-order chi connectivity index (χ0) is 24.7. The van der Waals surface area contributed by atoms with Gasteiger partial charge >= 0.3 is 0 Å². The lowest BCUT2D eigenvalue weighted by molar-refractivity contribution is 0.0924. The Morgan fingerprint density at radius 3 is 2.20 bits per heavy atom. The van der Waals surface area contributed by atoms with Gasteiger partial charge in [-0.05, 0) is 62.2 Å². The summed E-state index contributed by atoms with van der Waals surface area (Å²) < 4.78 is 1.88. The van der Waals surface area contributed by atoms with Crippen LogP contribution < -0.4 is 10.2 Å². The number of benzene rings is 3. The number of imide groups is 1. The standard InChI is InChI=1S/C28H24N4O3/c1-17-9-4-5-10-21(17)16-31-19(3)25(18(2)30-31)29-26(33)20-11-8-12-22(15-20)32-27(34)23-13-6-7-14-24(23)28(32)35/h4-15H,16H2,1-3H3,(H,29,33). The first-order valence-electron chi connectivity index (χ1n) is 11.3. The maximum atomic E-state index is 13.2. The molecule has 0 aliphatic carbocycles. The molecule has 1 aromatic heterocycles. The Bertz CT molecular complexity index is 1470. The Morgan fingerprint density at radius 2 is 1.51 bits per heavy atom. The summed E-state index contributed by atoms with van der Waals surface area (Å²) in [7, 11) is 0. The van der Waals surface area contributed by atoms with Crippen LogP contribution in [0.25, 0.3) is 0 Å². The van der Waals surface area contributed by atoms with Gasteiger partial charge in [-0.25, -0.2) is 4.90 Å². The summed E-state index contributed by atoms with van der Waals surface area (Å²) in [6, 6.07) is 21.4. The fraction of sp³-hybridized carbons (Fsp3) is 0.143. The molecule has 7 nitrogen and oxygen atoms in total. The quantitative estimate of drug-likeness (QED) is 0.426. The molecule has 35 heavy (non-hydrogen) atoms. The summed E-state index contributed by atoms with van der Waals surface area (Å²) in [6.07, 6.45) is 0. The van der Waals surface area contributed by atoms with Crippen LogP contribution >= 0.6 is 0 Å². The van der Waals surface area contributed by atoms with Gasteiger partial charge in [-0.15, -0.1) is 0 Å². The van der Waals surface area contributed by atoms with E-state index in [1.807, 2.05) is 30.7 Å². The van der Waals surface area contributed by atoms with Crippen molar-refractivity contribution in [1.82, 2.24) is 9.78 Å². The summed E-state index contributed by atoms with van der Waals surface area (Å²) in [5.74, 6) is -1.13. The van der Waals surface area contributed by atoms with Gasteiger partial charge in [0, 0.05) is 5.56 Å². The highest BCUT2D eigenvalue weighted by molar-refractivity contribution is 6.34. The summed E-state index contributed by atoms with van der Waals surface area (Å²) in [5.41, 5.74) is 5.95. The third kappa shape index (κ3) is 3.91. The first kappa shape index (κ1) is 22.3. The van der Waals surface area contributed by atoms with E-state index in [2.05, 4.69) is 29.5 Å². The molecular weight excluding hydrogens is 440 g/mol. The molecular formula is C28H24N4O3. The molecule has 0 radical (unpaired) electrons. The third-order valence-corrected chi connectivity index (χ3v) is 6.36. The Morgan fingerprint density at radius 1 is 0.857 bits per heavy atom. The average molecular weight is 465 g/mol. The number of hydrogen-bond acceptors (Lipinski definition) is 4. The van der Waals surface area contributed by atoms with E-state index in [1.54, 1.807) is 48.5 Å². The van der Waals surface area contributed by atoms with Gasteiger partial charge in [-0.1, -0.05) is 42.5 Å². The van der Waals surface area contributed by atoms with Gasteiger partial charge in [-0.2, -0.15) is 5.10 Å². The lowest BCUT2D eigenvalue weighted by atomic mass is 10.1. The summed E-state index contributed by atoms with van der Waals surface area (Å²) >= 11 is 0. The van der Waals surface area contributed by atoms with Crippen LogP contribution in [0.2, 0.25) is 0 Å². The third-order valence-electron chi connectivity index (χ3n) is 6.36. The van der Waals surface area contributed by atoms with Gasteiger partial charge in [0.15, 0.2) is 0 Å². The van der Waals surface area contributed by atoms with Crippen molar-refractivity contribution in [2.75, 3.05) is 10.2 Å². The van der Waals surface area contributed by atoms with Crippen molar-refractivity contribution >= 4 is 29.1 Å². The lowest BCUT2D eigenvalue weighted by Gasteiger charge is -2.15. The van der Waals surface area contributed by atoms with E-state index >= 15 is 0 Å². The van der Waals surface area contributed by atoms with E-state index in [0.29, 0.717) is 40.3 Å².